The number of anilines is 1. The lowest BCUT2D eigenvalue weighted by atomic mass is 9.75. The topological polar surface area (TPSA) is 52.7 Å². The maximum atomic E-state index is 12.6. The summed E-state index contributed by atoms with van der Waals surface area (Å²) in [5.74, 6) is 1.34. The number of benzene rings is 2. The number of halogens is 1. The number of nitrogens with one attached hydrogen (secondary N) is 1. The molecule has 7 heteroatoms. The van der Waals surface area contributed by atoms with Gasteiger partial charge in [-0.3, -0.25) is 4.90 Å². The van der Waals surface area contributed by atoms with Crippen LogP contribution in [0.4, 0.5) is 5.69 Å². The van der Waals surface area contributed by atoms with Crippen molar-refractivity contribution in [2.24, 2.45) is 11.8 Å². The Bertz CT molecular complexity index is 1010. The Morgan fingerprint density at radius 3 is 2.63 bits per heavy atom. The first-order valence-corrected chi connectivity index (χ1v) is 12.7. The number of hydrogen-bond acceptors (Lipinski definition) is 4. The summed E-state index contributed by atoms with van der Waals surface area (Å²) in [4.78, 5) is 5.32. The highest BCUT2D eigenvalue weighted by Gasteiger charge is 2.41. The minimum atomic E-state index is -3.50. The van der Waals surface area contributed by atoms with Gasteiger partial charge in [-0.2, -0.15) is 0 Å². The molecule has 2 aromatic rings. The molecule has 3 fully saturated rings. The SMILES string of the molecule is O=S(=O)(NC[C@H]1C[C@@H]2CCN1C[C@H]2CN1CCc2ccccc21)c1ccc(Cl)cc1. The Morgan fingerprint density at radius 2 is 1.87 bits per heavy atom. The van der Waals surface area contributed by atoms with Crippen molar-refractivity contribution in [1.29, 1.82) is 0 Å². The van der Waals surface area contributed by atoms with Gasteiger partial charge in [-0.25, -0.2) is 13.1 Å². The minimum Gasteiger partial charge on any atom is -0.371 e. The third-order valence-electron chi connectivity index (χ3n) is 7.09. The summed E-state index contributed by atoms with van der Waals surface area (Å²) in [6.45, 7) is 4.84. The number of para-hydroxylation sites is 1. The van der Waals surface area contributed by atoms with E-state index in [-0.39, 0.29) is 10.9 Å². The fourth-order valence-electron chi connectivity index (χ4n) is 5.45. The van der Waals surface area contributed by atoms with Crippen LogP contribution in [-0.4, -0.2) is 52.1 Å². The second kappa shape index (κ2) is 8.15. The average Bonchev–Trinajstić information content (AvgIpc) is 3.16. The quantitative estimate of drug-likeness (QED) is 0.740. The van der Waals surface area contributed by atoms with Gasteiger partial charge < -0.3 is 4.90 Å². The Morgan fingerprint density at radius 1 is 1.07 bits per heavy atom. The van der Waals surface area contributed by atoms with E-state index in [4.69, 9.17) is 11.6 Å². The second-order valence-electron chi connectivity index (χ2n) is 8.82. The van der Waals surface area contributed by atoms with Crippen LogP contribution in [0.2, 0.25) is 5.02 Å². The largest absolute Gasteiger partial charge is 0.371 e. The average molecular weight is 446 g/mol. The summed E-state index contributed by atoms with van der Waals surface area (Å²) in [6, 6.07) is 15.4. The first-order chi connectivity index (χ1) is 14.5. The second-order valence-corrected chi connectivity index (χ2v) is 11.0. The summed E-state index contributed by atoms with van der Waals surface area (Å²) in [7, 11) is -3.50. The summed E-state index contributed by atoms with van der Waals surface area (Å²) < 4.78 is 28.1. The predicted molar refractivity (Wildman–Crippen MR) is 121 cm³/mol. The molecule has 5 nitrogen and oxygen atoms in total. The lowest BCUT2D eigenvalue weighted by Gasteiger charge is -2.50. The molecule has 1 unspecified atom stereocenters. The van der Waals surface area contributed by atoms with E-state index in [9.17, 15) is 8.42 Å². The van der Waals surface area contributed by atoms with E-state index in [0.29, 0.717) is 23.4 Å². The highest BCUT2D eigenvalue weighted by Crippen LogP contribution is 2.38. The standard InChI is InChI=1S/C23H28ClN3O2S/c24-20-5-7-22(8-6-20)30(28,29)25-14-21-13-18-10-11-26(21)15-19(18)16-27-12-9-17-3-1-2-4-23(17)27/h1-8,18-19,21,25H,9-16H2/t18-,19-,21+/m0/s1. The smallest absolute Gasteiger partial charge is 0.240 e. The Kier molecular flexibility index (Phi) is 5.52. The maximum Gasteiger partial charge on any atom is 0.240 e. The van der Waals surface area contributed by atoms with E-state index in [2.05, 4.69) is 38.8 Å². The first-order valence-electron chi connectivity index (χ1n) is 10.8. The van der Waals surface area contributed by atoms with Crippen LogP contribution < -0.4 is 9.62 Å². The van der Waals surface area contributed by atoms with E-state index < -0.39 is 10.0 Å². The van der Waals surface area contributed by atoms with Gasteiger partial charge in [0.15, 0.2) is 0 Å². The molecule has 0 amide bonds. The minimum absolute atomic E-state index is 0.272. The van der Waals surface area contributed by atoms with Crippen molar-refractivity contribution in [3.63, 3.8) is 0 Å². The van der Waals surface area contributed by atoms with Gasteiger partial charge in [0.25, 0.3) is 0 Å². The lowest BCUT2D eigenvalue weighted by Crippen LogP contribution is -2.58. The van der Waals surface area contributed by atoms with Crippen molar-refractivity contribution in [3.8, 4) is 0 Å². The third-order valence-corrected chi connectivity index (χ3v) is 8.78. The number of hydrogen-bond donors (Lipinski definition) is 1. The molecule has 0 spiro atoms. The highest BCUT2D eigenvalue weighted by molar-refractivity contribution is 7.89. The molecule has 2 bridgehead atoms. The maximum absolute atomic E-state index is 12.6. The molecule has 30 heavy (non-hydrogen) atoms. The zero-order valence-electron chi connectivity index (χ0n) is 17.0. The molecular formula is C23H28ClN3O2S. The monoisotopic (exact) mass is 445 g/mol. The van der Waals surface area contributed by atoms with E-state index in [1.807, 2.05) is 0 Å². The summed E-state index contributed by atoms with van der Waals surface area (Å²) in [6.07, 6.45) is 3.44. The van der Waals surface area contributed by atoms with E-state index in [1.165, 1.54) is 17.7 Å². The first kappa shape index (κ1) is 20.3. The van der Waals surface area contributed by atoms with Crippen molar-refractivity contribution in [2.75, 3.05) is 37.6 Å². The highest BCUT2D eigenvalue weighted by atomic mass is 35.5. The molecule has 4 atom stereocenters. The third kappa shape index (κ3) is 3.98. The summed E-state index contributed by atoms with van der Waals surface area (Å²) in [5, 5.41) is 0.538. The van der Waals surface area contributed by atoms with Gasteiger partial charge in [0.05, 0.1) is 4.90 Å². The van der Waals surface area contributed by atoms with Crippen LogP contribution in [-0.2, 0) is 16.4 Å². The Labute approximate surface area is 184 Å². The molecular weight excluding hydrogens is 418 g/mol. The molecule has 4 aliphatic rings. The lowest BCUT2D eigenvalue weighted by molar-refractivity contribution is 0.00670. The van der Waals surface area contributed by atoms with Gasteiger partial charge in [0.2, 0.25) is 10.0 Å². The molecule has 4 aliphatic heterocycles. The predicted octanol–water partition coefficient (Wildman–Crippen LogP) is 3.39. The van der Waals surface area contributed by atoms with Crippen molar-refractivity contribution in [1.82, 2.24) is 9.62 Å². The van der Waals surface area contributed by atoms with Crippen LogP contribution in [0.3, 0.4) is 0 Å². The van der Waals surface area contributed by atoms with Crippen molar-refractivity contribution >= 4 is 27.3 Å². The van der Waals surface area contributed by atoms with Crippen molar-refractivity contribution < 1.29 is 8.42 Å². The van der Waals surface area contributed by atoms with E-state index >= 15 is 0 Å². The molecule has 4 heterocycles. The van der Waals surface area contributed by atoms with Crippen LogP contribution in [0.25, 0.3) is 0 Å². The van der Waals surface area contributed by atoms with Crippen LogP contribution in [0.15, 0.2) is 53.4 Å². The molecule has 2 aromatic carbocycles. The zero-order valence-corrected chi connectivity index (χ0v) is 18.6. The zero-order chi connectivity index (χ0) is 20.7. The van der Waals surface area contributed by atoms with Gasteiger partial charge in [0, 0.05) is 42.9 Å². The number of piperidine rings is 3. The number of rotatable bonds is 6. The molecule has 3 saturated heterocycles. The molecule has 0 aliphatic carbocycles. The van der Waals surface area contributed by atoms with Crippen LogP contribution in [0, 0.1) is 11.8 Å². The molecule has 1 N–H and O–H groups in total. The van der Waals surface area contributed by atoms with E-state index in [0.717, 1.165) is 39.0 Å². The van der Waals surface area contributed by atoms with Gasteiger partial charge in [-0.15, -0.1) is 0 Å². The van der Waals surface area contributed by atoms with Gasteiger partial charge in [0.1, 0.15) is 0 Å². The van der Waals surface area contributed by atoms with Crippen LogP contribution >= 0.6 is 11.6 Å². The molecule has 0 radical (unpaired) electrons. The fourth-order valence-corrected chi connectivity index (χ4v) is 6.65. The molecule has 0 aromatic heterocycles. The number of nitrogens with zero attached hydrogens (tertiary/aromatic N) is 2. The van der Waals surface area contributed by atoms with Gasteiger partial charge >= 0.3 is 0 Å². The molecule has 0 saturated carbocycles. The Hall–Kier alpha value is -1.60. The summed E-state index contributed by atoms with van der Waals surface area (Å²) >= 11 is 5.88. The number of fused-ring (bicyclic) bond motifs is 4. The van der Waals surface area contributed by atoms with Gasteiger partial charge in [-0.1, -0.05) is 29.8 Å². The number of sulfonamides is 1. The van der Waals surface area contributed by atoms with Crippen LogP contribution in [0.1, 0.15) is 18.4 Å². The van der Waals surface area contributed by atoms with Gasteiger partial charge in [-0.05, 0) is 73.5 Å². The molecule has 6 rings (SSSR count). The normalized spacial score (nSPS) is 28.0. The Balaban J connectivity index is 1.19. The van der Waals surface area contributed by atoms with Crippen LogP contribution in [0.5, 0.6) is 0 Å². The van der Waals surface area contributed by atoms with E-state index in [1.54, 1.807) is 24.3 Å². The van der Waals surface area contributed by atoms with Crippen molar-refractivity contribution in [3.05, 3.63) is 59.1 Å². The van der Waals surface area contributed by atoms with Crippen molar-refractivity contribution in [2.45, 2.75) is 30.2 Å². The fraction of sp³-hybridized carbons (Fsp3) is 0.478. The molecule has 160 valence electrons. The summed E-state index contributed by atoms with van der Waals surface area (Å²) in [5.41, 5.74) is 2.87.